The van der Waals surface area contributed by atoms with Crippen LogP contribution in [0.3, 0.4) is 0 Å². The lowest BCUT2D eigenvalue weighted by molar-refractivity contribution is 0.298. The second-order valence-corrected chi connectivity index (χ2v) is 4.79. The van der Waals surface area contributed by atoms with Crippen molar-refractivity contribution in [3.8, 4) is 0 Å². The highest BCUT2D eigenvalue weighted by Gasteiger charge is 2.28. The molecule has 0 spiro atoms. The lowest BCUT2D eigenvalue weighted by atomic mass is 10.3. The summed E-state index contributed by atoms with van der Waals surface area (Å²) in [7, 11) is 0. The highest BCUT2D eigenvalue weighted by atomic mass is 16.3. The lowest BCUT2D eigenvalue weighted by Crippen LogP contribution is -2.34. The number of aliphatic hydroxyl groups excluding tert-OH is 1. The Kier molecular flexibility index (Phi) is 3.47. The molecule has 0 saturated heterocycles. The summed E-state index contributed by atoms with van der Waals surface area (Å²) in [6.45, 7) is 4.83. The molecule has 5 heteroatoms. The summed E-state index contributed by atoms with van der Waals surface area (Å²) >= 11 is 0. The summed E-state index contributed by atoms with van der Waals surface area (Å²) in [5, 5.41) is 9.09. The Morgan fingerprint density at radius 3 is 2.71 bits per heavy atom. The van der Waals surface area contributed by atoms with Gasteiger partial charge in [0.2, 0.25) is 0 Å². The molecule has 3 N–H and O–H groups in total. The molecule has 0 amide bonds. The first-order valence-electron chi connectivity index (χ1n) is 6.13. The van der Waals surface area contributed by atoms with Crippen molar-refractivity contribution in [3.63, 3.8) is 0 Å². The van der Waals surface area contributed by atoms with E-state index in [0.717, 1.165) is 24.5 Å². The molecular formula is C12H20N4O. The summed E-state index contributed by atoms with van der Waals surface area (Å²) in [5.74, 6) is 2.67. The van der Waals surface area contributed by atoms with E-state index in [2.05, 4.69) is 23.8 Å². The fraction of sp³-hybridized carbons (Fsp3) is 0.667. The van der Waals surface area contributed by atoms with E-state index in [9.17, 15) is 0 Å². The summed E-state index contributed by atoms with van der Waals surface area (Å²) in [6.07, 6.45) is 2.31. The summed E-state index contributed by atoms with van der Waals surface area (Å²) in [4.78, 5) is 10.9. The second-order valence-electron chi connectivity index (χ2n) is 4.79. The molecular weight excluding hydrogens is 216 g/mol. The SMILES string of the molecule is CC(C)N(CCO)c1cc(N)nc(C2CC2)n1. The molecule has 1 aromatic heterocycles. The van der Waals surface area contributed by atoms with E-state index in [1.54, 1.807) is 6.07 Å². The van der Waals surface area contributed by atoms with E-state index in [4.69, 9.17) is 10.8 Å². The van der Waals surface area contributed by atoms with E-state index in [1.807, 2.05) is 4.90 Å². The minimum absolute atomic E-state index is 0.112. The minimum atomic E-state index is 0.112. The Hall–Kier alpha value is -1.36. The first kappa shape index (κ1) is 12.1. The van der Waals surface area contributed by atoms with Crippen LogP contribution >= 0.6 is 0 Å². The van der Waals surface area contributed by atoms with Gasteiger partial charge in [-0.15, -0.1) is 0 Å². The molecule has 0 atom stereocenters. The maximum atomic E-state index is 9.09. The number of aromatic nitrogens is 2. The van der Waals surface area contributed by atoms with E-state index in [0.29, 0.717) is 18.3 Å². The van der Waals surface area contributed by atoms with Crippen LogP contribution in [0.1, 0.15) is 38.4 Å². The van der Waals surface area contributed by atoms with Crippen molar-refractivity contribution in [2.24, 2.45) is 0 Å². The van der Waals surface area contributed by atoms with Crippen LogP contribution in [0, 0.1) is 0 Å². The van der Waals surface area contributed by atoms with Gasteiger partial charge in [0.25, 0.3) is 0 Å². The smallest absolute Gasteiger partial charge is 0.136 e. The first-order valence-corrected chi connectivity index (χ1v) is 6.13. The van der Waals surface area contributed by atoms with Crippen molar-refractivity contribution in [1.82, 2.24) is 9.97 Å². The summed E-state index contributed by atoms with van der Waals surface area (Å²) in [6, 6.07) is 2.06. The van der Waals surface area contributed by atoms with E-state index in [1.165, 1.54) is 0 Å². The van der Waals surface area contributed by atoms with Gasteiger partial charge < -0.3 is 15.7 Å². The van der Waals surface area contributed by atoms with Gasteiger partial charge in [-0.05, 0) is 26.7 Å². The summed E-state index contributed by atoms with van der Waals surface area (Å²) < 4.78 is 0. The van der Waals surface area contributed by atoms with Crippen molar-refractivity contribution in [3.05, 3.63) is 11.9 Å². The lowest BCUT2D eigenvalue weighted by Gasteiger charge is -2.27. The molecule has 17 heavy (non-hydrogen) atoms. The number of aliphatic hydroxyl groups is 1. The van der Waals surface area contributed by atoms with E-state index in [-0.39, 0.29) is 12.6 Å². The van der Waals surface area contributed by atoms with Crippen molar-refractivity contribution in [2.45, 2.75) is 38.6 Å². The van der Waals surface area contributed by atoms with E-state index < -0.39 is 0 Å². The van der Waals surface area contributed by atoms with Crippen LogP contribution in [0.15, 0.2) is 6.07 Å². The Morgan fingerprint density at radius 2 is 2.18 bits per heavy atom. The van der Waals surface area contributed by atoms with Crippen molar-refractivity contribution in [1.29, 1.82) is 0 Å². The zero-order valence-electron chi connectivity index (χ0n) is 10.4. The van der Waals surface area contributed by atoms with Crippen LogP contribution in [0.5, 0.6) is 0 Å². The zero-order valence-corrected chi connectivity index (χ0v) is 10.4. The Bertz CT molecular complexity index is 390. The van der Waals surface area contributed by atoms with Gasteiger partial charge >= 0.3 is 0 Å². The van der Waals surface area contributed by atoms with E-state index >= 15 is 0 Å². The average molecular weight is 236 g/mol. The highest BCUT2D eigenvalue weighted by Crippen LogP contribution is 2.38. The van der Waals surface area contributed by atoms with Crippen LogP contribution in [0.4, 0.5) is 11.6 Å². The molecule has 1 fully saturated rings. The molecule has 94 valence electrons. The van der Waals surface area contributed by atoms with Crippen LogP contribution in [0.2, 0.25) is 0 Å². The second kappa shape index (κ2) is 4.87. The molecule has 0 aliphatic heterocycles. The van der Waals surface area contributed by atoms with Gasteiger partial charge in [0, 0.05) is 24.6 Å². The molecule has 1 aliphatic carbocycles. The molecule has 1 saturated carbocycles. The normalized spacial score (nSPS) is 15.3. The van der Waals surface area contributed by atoms with Crippen molar-refractivity contribution >= 4 is 11.6 Å². The Morgan fingerprint density at radius 1 is 1.47 bits per heavy atom. The molecule has 5 nitrogen and oxygen atoms in total. The van der Waals surface area contributed by atoms with Crippen LogP contribution in [0.25, 0.3) is 0 Å². The van der Waals surface area contributed by atoms with Crippen LogP contribution in [-0.4, -0.2) is 34.3 Å². The molecule has 1 aliphatic rings. The molecule has 0 radical (unpaired) electrons. The molecule has 0 aromatic carbocycles. The quantitative estimate of drug-likeness (QED) is 0.802. The third kappa shape index (κ3) is 2.85. The zero-order chi connectivity index (χ0) is 12.4. The first-order chi connectivity index (χ1) is 8.11. The Balaban J connectivity index is 2.28. The van der Waals surface area contributed by atoms with Crippen LogP contribution in [-0.2, 0) is 0 Å². The van der Waals surface area contributed by atoms with Gasteiger partial charge in [-0.2, -0.15) is 0 Å². The fourth-order valence-corrected chi connectivity index (χ4v) is 1.89. The average Bonchev–Trinajstić information content (AvgIpc) is 3.08. The minimum Gasteiger partial charge on any atom is -0.395 e. The number of anilines is 2. The van der Waals surface area contributed by atoms with Gasteiger partial charge in [0.15, 0.2) is 0 Å². The maximum absolute atomic E-state index is 9.09. The number of rotatable bonds is 5. The van der Waals surface area contributed by atoms with Crippen molar-refractivity contribution in [2.75, 3.05) is 23.8 Å². The monoisotopic (exact) mass is 236 g/mol. The number of hydrogen-bond donors (Lipinski definition) is 2. The maximum Gasteiger partial charge on any atom is 0.136 e. The predicted molar refractivity (Wildman–Crippen MR) is 68.0 cm³/mol. The molecule has 2 rings (SSSR count). The molecule has 1 aromatic rings. The number of nitrogens with zero attached hydrogens (tertiary/aromatic N) is 3. The molecule has 0 bridgehead atoms. The third-order valence-electron chi connectivity index (χ3n) is 2.95. The number of nitrogens with two attached hydrogens (primary N) is 1. The topological polar surface area (TPSA) is 75.3 Å². The largest absolute Gasteiger partial charge is 0.395 e. The third-order valence-corrected chi connectivity index (χ3v) is 2.95. The van der Waals surface area contributed by atoms with Crippen LogP contribution < -0.4 is 10.6 Å². The standard InChI is InChI=1S/C12H20N4O/c1-8(2)16(5-6-17)11-7-10(13)14-12(15-11)9-3-4-9/h7-9,17H,3-6H2,1-2H3,(H2,13,14,15). The van der Waals surface area contributed by atoms with Gasteiger partial charge in [0.1, 0.15) is 17.5 Å². The van der Waals surface area contributed by atoms with Gasteiger partial charge in [-0.25, -0.2) is 9.97 Å². The van der Waals surface area contributed by atoms with Gasteiger partial charge in [0.05, 0.1) is 6.61 Å². The summed E-state index contributed by atoms with van der Waals surface area (Å²) in [5.41, 5.74) is 5.82. The predicted octanol–water partition coefficient (Wildman–Crippen LogP) is 1.14. The molecule has 0 unspecified atom stereocenters. The van der Waals surface area contributed by atoms with Crippen molar-refractivity contribution < 1.29 is 5.11 Å². The number of hydrogen-bond acceptors (Lipinski definition) is 5. The van der Waals surface area contributed by atoms with Gasteiger partial charge in [-0.3, -0.25) is 0 Å². The highest BCUT2D eigenvalue weighted by molar-refractivity contribution is 5.48. The fourth-order valence-electron chi connectivity index (χ4n) is 1.89. The Labute approximate surface area is 102 Å². The number of nitrogen functional groups attached to an aromatic ring is 1. The van der Waals surface area contributed by atoms with Gasteiger partial charge in [-0.1, -0.05) is 0 Å². The molecule has 1 heterocycles.